The van der Waals surface area contributed by atoms with Crippen molar-refractivity contribution in [2.75, 3.05) is 19.8 Å². The second-order valence-corrected chi connectivity index (χ2v) is 20.7. The van der Waals surface area contributed by atoms with Gasteiger partial charge in [0, 0.05) is 24.2 Å². The van der Waals surface area contributed by atoms with Gasteiger partial charge in [0.1, 0.15) is 61.0 Å². The molecule has 61 heavy (non-hydrogen) atoms. The molecule has 4 aliphatic carbocycles. The van der Waals surface area contributed by atoms with Gasteiger partial charge < -0.3 is 83.9 Å². The van der Waals surface area contributed by atoms with E-state index >= 15 is 0 Å². The molecule has 0 aromatic rings. The van der Waals surface area contributed by atoms with E-state index in [1.807, 2.05) is 0 Å². The van der Waals surface area contributed by atoms with Crippen LogP contribution in [-0.2, 0) is 37.9 Å². The second-order valence-electron chi connectivity index (χ2n) is 20.7. The predicted octanol–water partition coefficient (Wildman–Crippen LogP) is -0.176. The quantitative estimate of drug-likeness (QED) is 0.151. The molecule has 5 heterocycles. The van der Waals surface area contributed by atoms with E-state index in [1.54, 1.807) is 6.92 Å². The first-order chi connectivity index (χ1) is 28.9. The summed E-state index contributed by atoms with van der Waals surface area (Å²) in [5.74, 6) is 1.55. The van der Waals surface area contributed by atoms with Crippen LogP contribution in [0.2, 0.25) is 0 Å². The number of allylic oxidation sites excluding steroid dienone is 1. The number of aliphatic hydroxyl groups is 9. The number of fused-ring (bicyclic) bond motifs is 7. The number of aliphatic hydroxyl groups excluding tert-OH is 9. The van der Waals surface area contributed by atoms with Crippen molar-refractivity contribution >= 4 is 0 Å². The van der Waals surface area contributed by atoms with E-state index in [0.29, 0.717) is 30.1 Å². The Balaban J connectivity index is 1.01. The van der Waals surface area contributed by atoms with Crippen molar-refractivity contribution in [1.29, 1.82) is 0 Å². The van der Waals surface area contributed by atoms with Gasteiger partial charge >= 0.3 is 0 Å². The summed E-state index contributed by atoms with van der Waals surface area (Å²) in [5.41, 5.74) is 0.602. The lowest BCUT2D eigenvalue weighted by Crippen LogP contribution is -2.67. The van der Waals surface area contributed by atoms with Gasteiger partial charge in [-0.15, -0.1) is 0 Å². The molecule has 17 heteroatoms. The molecule has 1 spiro atoms. The van der Waals surface area contributed by atoms with E-state index in [-0.39, 0.29) is 36.4 Å². The largest absolute Gasteiger partial charge is 0.394 e. The lowest BCUT2D eigenvalue weighted by atomic mass is 9.46. The van der Waals surface area contributed by atoms with Crippen molar-refractivity contribution < 1.29 is 83.9 Å². The highest BCUT2D eigenvalue weighted by Crippen LogP contribution is 2.71. The summed E-state index contributed by atoms with van der Waals surface area (Å²) in [6.45, 7) is 10.5. The van der Waals surface area contributed by atoms with Crippen LogP contribution in [0.1, 0.15) is 86.0 Å². The molecule has 0 bridgehead atoms. The number of ether oxygens (including phenoxy) is 8. The third-order valence-corrected chi connectivity index (χ3v) is 17.4. The van der Waals surface area contributed by atoms with Crippen molar-refractivity contribution in [1.82, 2.24) is 0 Å². The predicted molar refractivity (Wildman–Crippen MR) is 210 cm³/mol. The van der Waals surface area contributed by atoms with E-state index in [9.17, 15) is 46.0 Å². The maximum Gasteiger partial charge on any atom is 0.187 e. The lowest BCUT2D eigenvalue weighted by molar-refractivity contribution is -0.392. The molecule has 0 amide bonds. The van der Waals surface area contributed by atoms with Crippen molar-refractivity contribution in [2.45, 2.75) is 196 Å². The molecule has 8 fully saturated rings. The number of rotatable bonds is 7. The van der Waals surface area contributed by atoms with Crippen LogP contribution in [0.3, 0.4) is 0 Å². The molecule has 0 aromatic heterocycles. The summed E-state index contributed by atoms with van der Waals surface area (Å²) in [7, 11) is 0. The molecule has 9 aliphatic rings. The van der Waals surface area contributed by atoms with E-state index in [1.165, 1.54) is 0 Å². The molecule has 9 rings (SSSR count). The minimum absolute atomic E-state index is 0.0513. The minimum Gasteiger partial charge on any atom is -0.394 e. The number of hydrogen-bond donors (Lipinski definition) is 9. The minimum atomic E-state index is -1.83. The third kappa shape index (κ3) is 7.32. The standard InChI is InChI=1S/C44H70O17/c1-18-8-11-44(55-16-18)19(2)30-27(61-44)14-25-23-7-6-21-12-22(46)13-29(43(21,5)24(23)9-10-42(25,30)4)58-41-38(60-40-36(53)34(51)33(50)28(15-45)57-40)37(31(48)20(3)56-41)59-39-35(52)32(49)26(47)17-54-39/h6,18-20,22-41,45-53H,7-17H2,1-5H3. The van der Waals surface area contributed by atoms with E-state index in [4.69, 9.17) is 37.9 Å². The Morgan fingerprint density at radius 3 is 2.20 bits per heavy atom. The van der Waals surface area contributed by atoms with Gasteiger partial charge in [-0.05, 0) is 80.5 Å². The highest BCUT2D eigenvalue weighted by Gasteiger charge is 2.70. The molecule has 5 aliphatic heterocycles. The molecule has 26 unspecified atom stereocenters. The molecule has 17 nitrogen and oxygen atoms in total. The maximum absolute atomic E-state index is 11.6. The Bertz CT molecular complexity index is 1590. The zero-order chi connectivity index (χ0) is 43.5. The monoisotopic (exact) mass is 870 g/mol. The second kappa shape index (κ2) is 16.7. The van der Waals surface area contributed by atoms with Gasteiger partial charge in [0.25, 0.3) is 0 Å². The Morgan fingerprint density at radius 2 is 1.48 bits per heavy atom. The van der Waals surface area contributed by atoms with Gasteiger partial charge in [-0.2, -0.15) is 0 Å². The van der Waals surface area contributed by atoms with Crippen molar-refractivity contribution in [3.05, 3.63) is 11.6 Å². The van der Waals surface area contributed by atoms with Crippen LogP contribution in [0.15, 0.2) is 11.6 Å². The van der Waals surface area contributed by atoms with Crippen LogP contribution in [0, 0.1) is 46.3 Å². The Labute approximate surface area is 357 Å². The average Bonchev–Trinajstić information content (AvgIpc) is 3.68. The first-order valence-corrected chi connectivity index (χ1v) is 22.9. The van der Waals surface area contributed by atoms with Crippen LogP contribution < -0.4 is 0 Å². The fourth-order valence-corrected chi connectivity index (χ4v) is 13.8. The molecular weight excluding hydrogens is 800 g/mol. The van der Waals surface area contributed by atoms with E-state index < -0.39 is 116 Å². The normalized spacial score (nSPS) is 58.4. The molecule has 0 radical (unpaired) electrons. The zero-order valence-electron chi connectivity index (χ0n) is 35.9. The van der Waals surface area contributed by atoms with Crippen molar-refractivity contribution in [3.63, 3.8) is 0 Å². The summed E-state index contributed by atoms with van der Waals surface area (Å²) in [4.78, 5) is 0. The SMILES string of the molecule is CC1CCC2(OC1)OC1CC3C4CC=C5CC(O)CC(OC6OC(C)C(O)C(OC7OCC(O)C(O)C7O)C6OC6OC(CO)C(O)C(O)C6O)C5(C)C4CCC3(C)C1C2C. The zero-order valence-corrected chi connectivity index (χ0v) is 35.9. The van der Waals surface area contributed by atoms with E-state index in [2.05, 4.69) is 33.8 Å². The Hall–Kier alpha value is -0.940. The van der Waals surface area contributed by atoms with Crippen molar-refractivity contribution in [2.24, 2.45) is 46.3 Å². The van der Waals surface area contributed by atoms with Crippen LogP contribution in [-0.4, -0.2) is 176 Å². The highest BCUT2D eigenvalue weighted by molar-refractivity contribution is 5.29. The van der Waals surface area contributed by atoms with Gasteiger partial charge in [-0.1, -0.05) is 39.3 Å². The van der Waals surface area contributed by atoms with Gasteiger partial charge in [-0.3, -0.25) is 0 Å². The third-order valence-electron chi connectivity index (χ3n) is 17.4. The van der Waals surface area contributed by atoms with E-state index in [0.717, 1.165) is 50.7 Å². The van der Waals surface area contributed by atoms with Gasteiger partial charge in [-0.25, -0.2) is 0 Å². The molecule has 5 saturated heterocycles. The fourth-order valence-electron chi connectivity index (χ4n) is 13.8. The summed E-state index contributed by atoms with van der Waals surface area (Å²) >= 11 is 0. The smallest absolute Gasteiger partial charge is 0.187 e. The molecule has 0 aromatic carbocycles. The Kier molecular flexibility index (Phi) is 12.4. The summed E-state index contributed by atoms with van der Waals surface area (Å²) in [6.07, 6.45) is -13.7. The molecular formula is C44H70O17. The van der Waals surface area contributed by atoms with Gasteiger partial charge in [0.05, 0.1) is 44.2 Å². The van der Waals surface area contributed by atoms with Crippen LogP contribution in [0.25, 0.3) is 0 Å². The number of hydrogen-bond acceptors (Lipinski definition) is 17. The molecule has 9 N–H and O–H groups in total. The highest BCUT2D eigenvalue weighted by atomic mass is 16.8. The van der Waals surface area contributed by atoms with Gasteiger partial charge in [0.2, 0.25) is 0 Å². The molecule has 26 atom stereocenters. The average molecular weight is 871 g/mol. The fraction of sp³-hybridized carbons (Fsp3) is 0.955. The van der Waals surface area contributed by atoms with Crippen LogP contribution >= 0.6 is 0 Å². The first-order valence-electron chi connectivity index (χ1n) is 22.9. The summed E-state index contributed by atoms with van der Waals surface area (Å²) < 4.78 is 50.8. The van der Waals surface area contributed by atoms with Crippen LogP contribution in [0.5, 0.6) is 0 Å². The lowest BCUT2D eigenvalue weighted by Gasteiger charge is -2.60. The topological polar surface area (TPSA) is 256 Å². The summed E-state index contributed by atoms with van der Waals surface area (Å²) in [5, 5.41) is 96.9. The first kappa shape index (κ1) is 45.2. The van der Waals surface area contributed by atoms with Gasteiger partial charge in [0.15, 0.2) is 24.7 Å². The Morgan fingerprint density at radius 1 is 0.738 bits per heavy atom. The summed E-state index contributed by atoms with van der Waals surface area (Å²) in [6, 6.07) is 0. The van der Waals surface area contributed by atoms with Crippen LogP contribution in [0.4, 0.5) is 0 Å². The molecule has 3 saturated carbocycles. The maximum atomic E-state index is 11.6. The van der Waals surface area contributed by atoms with Crippen molar-refractivity contribution in [3.8, 4) is 0 Å². The molecule has 348 valence electrons.